The number of benzene rings is 3. The van der Waals surface area contributed by atoms with Gasteiger partial charge in [0.2, 0.25) is 5.13 Å². The Morgan fingerprint density at radius 1 is 0.804 bits per heavy atom. The summed E-state index contributed by atoms with van der Waals surface area (Å²) in [4.78, 5) is 7.30. The second-order valence-electron chi connectivity index (χ2n) is 13.4. The number of hydrogen-bond donors (Lipinski definition) is 2. The number of rotatable bonds is 21. The first-order chi connectivity index (χ1) is 24.8. The largest absolute Gasteiger partial charge is 0.494 e. The van der Waals surface area contributed by atoms with Crippen molar-refractivity contribution < 1.29 is 9.84 Å². The summed E-state index contributed by atoms with van der Waals surface area (Å²) >= 11 is 1.36. The molecule has 51 heavy (non-hydrogen) atoms. The second-order valence-corrected chi connectivity index (χ2v) is 14.3. The number of azo groups is 2. The number of unbranched alkanes of at least 4 members (excludes halogenated alkanes) is 1. The van der Waals surface area contributed by atoms with Crippen LogP contribution in [-0.2, 0) is 0 Å². The normalized spacial score (nSPS) is 12.5. The van der Waals surface area contributed by atoms with Crippen molar-refractivity contribution in [3.8, 4) is 5.75 Å². The van der Waals surface area contributed by atoms with Gasteiger partial charge in [-0.1, -0.05) is 122 Å². The van der Waals surface area contributed by atoms with Gasteiger partial charge in [-0.15, -0.1) is 20.5 Å². The summed E-state index contributed by atoms with van der Waals surface area (Å²) in [5.74, 6) is 2.15. The fourth-order valence-corrected chi connectivity index (χ4v) is 6.60. The molecule has 1 aromatic heterocycles. The minimum Gasteiger partial charge on any atom is -0.494 e. The average Bonchev–Trinajstić information content (AvgIpc) is 3.58. The van der Waals surface area contributed by atoms with Crippen LogP contribution in [0.3, 0.4) is 0 Å². The van der Waals surface area contributed by atoms with Crippen LogP contribution in [0.2, 0.25) is 0 Å². The fraction of sp³-hybridized carbons (Fsp3) is 0.488. The molecule has 10 heteroatoms. The predicted molar refractivity (Wildman–Crippen MR) is 213 cm³/mol. The highest BCUT2D eigenvalue weighted by molar-refractivity contribution is 7.19. The molecular formula is C41H57N7O2S. The lowest BCUT2D eigenvalue weighted by molar-refractivity contribution is 0.208. The molecular weight excluding hydrogens is 655 g/mol. The number of nitrogens with one attached hydrogen (secondary N) is 1. The summed E-state index contributed by atoms with van der Waals surface area (Å²) in [5.41, 5.74) is 4.75. The van der Waals surface area contributed by atoms with Crippen LogP contribution in [0.5, 0.6) is 5.75 Å². The Kier molecular flexibility index (Phi) is 16.0. The fourth-order valence-electron chi connectivity index (χ4n) is 5.74. The molecule has 0 spiro atoms. The van der Waals surface area contributed by atoms with Gasteiger partial charge in [0.25, 0.3) is 0 Å². The van der Waals surface area contributed by atoms with E-state index in [2.05, 4.69) is 91.3 Å². The van der Waals surface area contributed by atoms with Gasteiger partial charge in [0.05, 0.1) is 23.7 Å². The molecule has 0 aliphatic carbocycles. The quantitative estimate of drug-likeness (QED) is 0.0508. The van der Waals surface area contributed by atoms with E-state index in [4.69, 9.17) is 9.72 Å². The number of aliphatic hydroxyl groups excluding tert-OH is 1. The van der Waals surface area contributed by atoms with Crippen LogP contribution in [0.25, 0.3) is 0 Å². The number of aromatic nitrogens is 1. The van der Waals surface area contributed by atoms with Crippen LogP contribution in [0, 0.1) is 11.8 Å². The van der Waals surface area contributed by atoms with E-state index in [0.29, 0.717) is 40.0 Å². The standard InChI is InChI=1S/C41H57N7O2S/c1-8-13-25-50-35-22-19-33(20-23-35)44-46-40-38(29(6)7)43-41(51-40)47-45-36-24-21-34(26-37(36)42-39(49)32-17-15-14-16-18-32)48(27-30(9-2)10-3)28-31(11-4)12-5/h14-24,26,29-31,39,42,49H,8-13,25,27-28H2,1-7H3. The molecule has 0 radical (unpaired) electrons. The van der Waals surface area contributed by atoms with E-state index in [1.54, 1.807) is 0 Å². The molecule has 0 saturated heterocycles. The lowest BCUT2D eigenvalue weighted by Gasteiger charge is -2.32. The molecule has 0 amide bonds. The van der Waals surface area contributed by atoms with Crippen LogP contribution < -0.4 is 15.0 Å². The van der Waals surface area contributed by atoms with Gasteiger partial charge >= 0.3 is 0 Å². The number of thiazole rings is 1. The molecule has 0 fully saturated rings. The van der Waals surface area contributed by atoms with Crippen molar-refractivity contribution in [1.29, 1.82) is 0 Å². The van der Waals surface area contributed by atoms with Gasteiger partial charge in [-0.05, 0) is 66.6 Å². The van der Waals surface area contributed by atoms with Crippen molar-refractivity contribution in [2.45, 2.75) is 99.1 Å². The Morgan fingerprint density at radius 2 is 1.47 bits per heavy atom. The van der Waals surface area contributed by atoms with E-state index in [-0.39, 0.29) is 5.92 Å². The molecule has 1 atom stereocenters. The maximum absolute atomic E-state index is 11.2. The van der Waals surface area contributed by atoms with Crippen LogP contribution in [0.15, 0.2) is 93.3 Å². The van der Waals surface area contributed by atoms with Crippen molar-refractivity contribution in [1.82, 2.24) is 4.98 Å². The number of hydrogen-bond acceptors (Lipinski definition) is 10. The lowest BCUT2D eigenvalue weighted by Crippen LogP contribution is -2.33. The van der Waals surface area contributed by atoms with Gasteiger partial charge in [-0.3, -0.25) is 0 Å². The Balaban J connectivity index is 1.64. The summed E-state index contributed by atoms with van der Waals surface area (Å²) in [6.07, 6.45) is 5.74. The van der Waals surface area contributed by atoms with Gasteiger partial charge in [0.15, 0.2) is 11.2 Å². The third-order valence-electron chi connectivity index (χ3n) is 9.29. The minimum atomic E-state index is -0.918. The van der Waals surface area contributed by atoms with E-state index in [1.807, 2.05) is 60.7 Å². The molecule has 1 unspecified atom stereocenters. The van der Waals surface area contributed by atoms with Crippen molar-refractivity contribution in [3.63, 3.8) is 0 Å². The van der Waals surface area contributed by atoms with Crippen LogP contribution in [0.1, 0.15) is 110 Å². The third kappa shape index (κ3) is 12.0. The van der Waals surface area contributed by atoms with Crippen LogP contribution >= 0.6 is 11.3 Å². The summed E-state index contributed by atoms with van der Waals surface area (Å²) in [5, 5.41) is 34.1. The number of nitrogens with zero attached hydrogens (tertiary/aromatic N) is 6. The van der Waals surface area contributed by atoms with E-state index in [9.17, 15) is 5.11 Å². The Morgan fingerprint density at radius 3 is 2.08 bits per heavy atom. The van der Waals surface area contributed by atoms with E-state index < -0.39 is 6.23 Å². The van der Waals surface area contributed by atoms with E-state index >= 15 is 0 Å². The molecule has 0 saturated carbocycles. The van der Waals surface area contributed by atoms with Crippen molar-refractivity contribution >= 4 is 44.2 Å². The minimum absolute atomic E-state index is 0.127. The smallest absolute Gasteiger partial charge is 0.232 e. The zero-order valence-corrected chi connectivity index (χ0v) is 32.4. The van der Waals surface area contributed by atoms with Gasteiger partial charge in [0, 0.05) is 24.3 Å². The number of aliphatic hydroxyl groups is 1. The van der Waals surface area contributed by atoms with Crippen LogP contribution in [0.4, 0.5) is 32.9 Å². The SMILES string of the molecule is CCCCOc1ccc(N=Nc2sc(N=Nc3ccc(N(CC(CC)CC)CC(CC)CC)cc3NC(O)c3ccccc3)nc2C(C)C)cc1. The van der Waals surface area contributed by atoms with E-state index in [0.717, 1.165) is 80.0 Å². The zero-order chi connectivity index (χ0) is 36.6. The van der Waals surface area contributed by atoms with Gasteiger partial charge < -0.3 is 20.1 Å². The maximum Gasteiger partial charge on any atom is 0.232 e. The highest BCUT2D eigenvalue weighted by atomic mass is 32.1. The molecule has 0 bridgehead atoms. The van der Waals surface area contributed by atoms with Gasteiger partial charge in [-0.2, -0.15) is 0 Å². The lowest BCUT2D eigenvalue weighted by atomic mass is 9.98. The summed E-state index contributed by atoms with van der Waals surface area (Å²) < 4.78 is 5.78. The predicted octanol–water partition coefficient (Wildman–Crippen LogP) is 13.1. The van der Waals surface area contributed by atoms with Crippen molar-refractivity contribution in [3.05, 3.63) is 84.1 Å². The molecule has 9 nitrogen and oxygen atoms in total. The zero-order valence-electron chi connectivity index (χ0n) is 31.5. The Hall–Kier alpha value is -4.15. The first-order valence-electron chi connectivity index (χ1n) is 18.7. The molecule has 4 rings (SSSR count). The molecule has 3 aromatic carbocycles. The third-order valence-corrected chi connectivity index (χ3v) is 10.1. The molecule has 274 valence electrons. The van der Waals surface area contributed by atoms with E-state index in [1.165, 1.54) is 11.3 Å². The highest BCUT2D eigenvalue weighted by Crippen LogP contribution is 2.40. The number of ether oxygens (including phenoxy) is 1. The second kappa shape index (κ2) is 20.6. The average molecular weight is 712 g/mol. The van der Waals surface area contributed by atoms with Crippen molar-refractivity contribution in [2.24, 2.45) is 32.3 Å². The first kappa shape index (κ1) is 39.6. The topological polar surface area (TPSA) is 107 Å². The Labute approximate surface area is 309 Å². The van der Waals surface area contributed by atoms with Crippen LogP contribution in [-0.4, -0.2) is 29.8 Å². The van der Waals surface area contributed by atoms with Crippen molar-refractivity contribution in [2.75, 3.05) is 29.9 Å². The summed E-state index contributed by atoms with van der Waals surface area (Å²) in [6.45, 7) is 18.1. The molecule has 0 aliphatic heterocycles. The molecule has 1 heterocycles. The molecule has 0 aliphatic rings. The Bertz CT molecular complexity index is 1630. The maximum atomic E-state index is 11.2. The molecule has 4 aromatic rings. The number of anilines is 2. The van der Waals surface area contributed by atoms with Gasteiger partial charge in [-0.25, -0.2) is 4.98 Å². The summed E-state index contributed by atoms with van der Waals surface area (Å²) in [7, 11) is 0. The van der Waals surface area contributed by atoms with Gasteiger partial charge in [0.1, 0.15) is 11.4 Å². The summed E-state index contributed by atoms with van der Waals surface area (Å²) in [6, 6.07) is 23.5. The first-order valence-corrected chi connectivity index (χ1v) is 19.5. The molecule has 2 N–H and O–H groups in total. The monoisotopic (exact) mass is 711 g/mol. The highest BCUT2D eigenvalue weighted by Gasteiger charge is 2.19.